The van der Waals surface area contributed by atoms with E-state index in [1.54, 1.807) is 6.08 Å². The number of esters is 1. The fraction of sp³-hybridized carbons (Fsp3) is 0.667. The van der Waals surface area contributed by atoms with E-state index in [1.807, 2.05) is 13.8 Å². The highest BCUT2D eigenvalue weighted by molar-refractivity contribution is 5.96. The van der Waals surface area contributed by atoms with Gasteiger partial charge in [-0.1, -0.05) is 32.4 Å². The zero-order valence-electron chi connectivity index (χ0n) is 19.6. The van der Waals surface area contributed by atoms with E-state index in [2.05, 4.69) is 19.9 Å². The maximum atomic E-state index is 13.5. The highest BCUT2D eigenvalue weighted by Gasteiger charge is 2.66. The van der Waals surface area contributed by atoms with Crippen LogP contribution in [0.5, 0.6) is 0 Å². The largest absolute Gasteiger partial charge is 0.462 e. The van der Waals surface area contributed by atoms with Gasteiger partial charge in [-0.25, -0.2) is 0 Å². The lowest BCUT2D eigenvalue weighted by Gasteiger charge is -2.53. The highest BCUT2D eigenvalue weighted by atomic mass is 16.5. The number of aliphatic hydroxyl groups is 1. The first-order valence-corrected chi connectivity index (χ1v) is 12.2. The van der Waals surface area contributed by atoms with Crippen LogP contribution in [0.3, 0.4) is 0 Å². The van der Waals surface area contributed by atoms with Crippen molar-refractivity contribution in [3.8, 4) is 0 Å². The van der Waals surface area contributed by atoms with Crippen LogP contribution in [0.15, 0.2) is 34.4 Å². The van der Waals surface area contributed by atoms with Crippen LogP contribution in [0.25, 0.3) is 0 Å². The molecule has 0 aromatic carbocycles. The summed E-state index contributed by atoms with van der Waals surface area (Å²) < 4.78 is 5.75. The summed E-state index contributed by atoms with van der Waals surface area (Å²) in [7, 11) is 0. The van der Waals surface area contributed by atoms with Gasteiger partial charge in [0.25, 0.3) is 0 Å². The van der Waals surface area contributed by atoms with E-state index in [1.165, 1.54) is 0 Å². The van der Waals surface area contributed by atoms with E-state index >= 15 is 0 Å². The first kappa shape index (κ1) is 21.8. The Morgan fingerprint density at radius 3 is 2.66 bits per heavy atom. The van der Waals surface area contributed by atoms with Gasteiger partial charge in [-0.3, -0.25) is 14.4 Å². The van der Waals surface area contributed by atoms with Crippen LogP contribution >= 0.6 is 0 Å². The van der Waals surface area contributed by atoms with Crippen molar-refractivity contribution in [3.63, 3.8) is 0 Å². The molecule has 0 aliphatic heterocycles. The summed E-state index contributed by atoms with van der Waals surface area (Å²) in [4.78, 5) is 39.2. The molecule has 1 saturated carbocycles. The Hall–Kier alpha value is -2.01. The van der Waals surface area contributed by atoms with Crippen LogP contribution in [-0.2, 0) is 19.1 Å². The molecule has 5 nitrogen and oxygen atoms in total. The zero-order valence-corrected chi connectivity index (χ0v) is 19.6. The van der Waals surface area contributed by atoms with Gasteiger partial charge in [0.15, 0.2) is 5.78 Å². The Morgan fingerprint density at radius 1 is 1.19 bits per heavy atom. The van der Waals surface area contributed by atoms with Crippen LogP contribution in [0.1, 0.15) is 79.1 Å². The Bertz CT molecular complexity index is 1020. The molecule has 0 saturated heterocycles. The minimum atomic E-state index is -1.11. The van der Waals surface area contributed by atoms with E-state index in [4.69, 9.17) is 4.74 Å². The standard InChI is InChI=1S/C27H34O5/c1-5-15(2)32-24(31)22-21-17(26(4)12-6-16(28)14-19(26)23(22)30)8-13-27-18(21)7-10-25(27,3)11-9-20(27)29/h7,14-15,22-23,30H,5-6,8-13H2,1-4H3/t15?,22-,23-,25-,26?,27+/m0/s1. The van der Waals surface area contributed by atoms with Gasteiger partial charge < -0.3 is 9.84 Å². The number of rotatable bonds is 3. The van der Waals surface area contributed by atoms with Gasteiger partial charge in [-0.2, -0.15) is 0 Å². The summed E-state index contributed by atoms with van der Waals surface area (Å²) in [5, 5.41) is 11.6. The number of allylic oxidation sites excluding steroid dienone is 4. The minimum Gasteiger partial charge on any atom is -0.462 e. The van der Waals surface area contributed by atoms with Crippen LogP contribution in [0.2, 0.25) is 0 Å². The maximum Gasteiger partial charge on any atom is 0.316 e. The topological polar surface area (TPSA) is 80.7 Å². The average Bonchev–Trinajstić information content (AvgIpc) is 3.19. The molecule has 1 N–H and O–H groups in total. The van der Waals surface area contributed by atoms with E-state index < -0.39 is 28.8 Å². The summed E-state index contributed by atoms with van der Waals surface area (Å²) in [5.41, 5.74) is 2.48. The molecule has 0 bridgehead atoms. The third-order valence-corrected chi connectivity index (χ3v) is 9.57. The van der Waals surface area contributed by atoms with Crippen molar-refractivity contribution < 1.29 is 24.2 Å². The molecule has 172 valence electrons. The van der Waals surface area contributed by atoms with Gasteiger partial charge in [0.2, 0.25) is 0 Å². The number of fused-ring (bicyclic) bond motifs is 3. The first-order valence-electron chi connectivity index (χ1n) is 12.2. The molecule has 0 heterocycles. The lowest BCUT2D eigenvalue weighted by molar-refractivity contribution is -0.155. The van der Waals surface area contributed by atoms with Crippen molar-refractivity contribution in [3.05, 3.63) is 34.4 Å². The van der Waals surface area contributed by atoms with Crippen LogP contribution in [0, 0.1) is 22.2 Å². The smallest absolute Gasteiger partial charge is 0.316 e. The van der Waals surface area contributed by atoms with Gasteiger partial charge in [-0.15, -0.1) is 0 Å². The van der Waals surface area contributed by atoms with Gasteiger partial charge in [0.1, 0.15) is 11.7 Å². The van der Waals surface area contributed by atoms with Gasteiger partial charge in [0, 0.05) is 18.3 Å². The zero-order chi connectivity index (χ0) is 23.1. The molecule has 5 aliphatic rings. The number of carbonyl (C=O) groups is 3. The molecule has 1 fully saturated rings. The van der Waals surface area contributed by atoms with E-state index in [9.17, 15) is 19.5 Å². The Labute approximate surface area is 190 Å². The van der Waals surface area contributed by atoms with E-state index in [-0.39, 0.29) is 23.1 Å². The molecular formula is C27H34O5. The molecule has 32 heavy (non-hydrogen) atoms. The molecule has 2 unspecified atom stereocenters. The van der Waals surface area contributed by atoms with Crippen molar-refractivity contribution in [2.45, 2.75) is 91.3 Å². The molecule has 0 amide bonds. The molecule has 5 heteroatoms. The summed E-state index contributed by atoms with van der Waals surface area (Å²) in [6.07, 6.45) is 7.87. The monoisotopic (exact) mass is 438 g/mol. The molecule has 0 aromatic rings. The van der Waals surface area contributed by atoms with E-state index in [0.717, 1.165) is 42.4 Å². The number of ketones is 2. The summed E-state index contributed by atoms with van der Waals surface area (Å²) in [5.74, 6) is -1.05. The number of ether oxygens (including phenoxy) is 1. The molecule has 0 radical (unpaired) electrons. The van der Waals surface area contributed by atoms with Gasteiger partial charge in [0.05, 0.1) is 17.6 Å². The molecule has 1 spiro atoms. The molecule has 6 atom stereocenters. The van der Waals surface area contributed by atoms with Crippen molar-refractivity contribution in [1.82, 2.24) is 0 Å². The van der Waals surface area contributed by atoms with Crippen molar-refractivity contribution in [1.29, 1.82) is 0 Å². The van der Waals surface area contributed by atoms with Crippen molar-refractivity contribution >= 4 is 17.5 Å². The Balaban J connectivity index is 1.72. The second kappa shape index (κ2) is 6.99. The second-order valence-electron chi connectivity index (χ2n) is 11.1. The minimum absolute atomic E-state index is 0.000487. The Morgan fingerprint density at radius 2 is 1.94 bits per heavy atom. The van der Waals surface area contributed by atoms with Gasteiger partial charge in [-0.05, 0) is 73.7 Å². The van der Waals surface area contributed by atoms with Crippen LogP contribution < -0.4 is 0 Å². The number of carbonyl (C=O) groups excluding carboxylic acids is 3. The fourth-order valence-corrected chi connectivity index (χ4v) is 7.46. The fourth-order valence-electron chi connectivity index (χ4n) is 7.46. The Kier molecular flexibility index (Phi) is 4.77. The van der Waals surface area contributed by atoms with Crippen molar-refractivity contribution in [2.75, 3.05) is 0 Å². The number of aliphatic hydroxyl groups excluding tert-OH is 1. The predicted octanol–water partition coefficient (Wildman–Crippen LogP) is 4.39. The molecule has 0 aromatic heterocycles. The number of Topliss-reactive ketones (excluding diaryl/α,β-unsaturated/α-hetero) is 1. The summed E-state index contributed by atoms with van der Waals surface area (Å²) >= 11 is 0. The third kappa shape index (κ3) is 2.57. The summed E-state index contributed by atoms with van der Waals surface area (Å²) in [6, 6.07) is 0. The van der Waals surface area contributed by atoms with Crippen LogP contribution in [0.4, 0.5) is 0 Å². The van der Waals surface area contributed by atoms with Crippen LogP contribution in [-0.4, -0.2) is 34.9 Å². The lowest BCUT2D eigenvalue weighted by atomic mass is 9.50. The maximum absolute atomic E-state index is 13.5. The number of hydrogen-bond donors (Lipinski definition) is 1. The van der Waals surface area contributed by atoms with Crippen molar-refractivity contribution in [2.24, 2.45) is 22.2 Å². The highest BCUT2D eigenvalue weighted by Crippen LogP contribution is 2.70. The predicted molar refractivity (Wildman–Crippen MR) is 120 cm³/mol. The molecule has 5 aliphatic carbocycles. The SMILES string of the molecule is CCC(C)OC(=O)[C@H]1C2=C(CC[C@@]34C(=O)CC[C@]3(C)CC=C24)C2(C)CCC(=O)C=C2[C@@H]1O. The first-order chi connectivity index (χ1) is 15.1. The van der Waals surface area contributed by atoms with E-state index in [0.29, 0.717) is 31.3 Å². The molecular weight excluding hydrogens is 404 g/mol. The average molecular weight is 439 g/mol. The molecule has 5 rings (SSSR count). The normalized spacial score (nSPS) is 41.3. The van der Waals surface area contributed by atoms with Gasteiger partial charge >= 0.3 is 5.97 Å². The second-order valence-corrected chi connectivity index (χ2v) is 11.1. The quantitative estimate of drug-likeness (QED) is 0.661. The third-order valence-electron chi connectivity index (χ3n) is 9.57. The summed E-state index contributed by atoms with van der Waals surface area (Å²) in [6.45, 7) is 8.12. The number of hydrogen-bond acceptors (Lipinski definition) is 5. The lowest BCUT2D eigenvalue weighted by Crippen LogP contribution is -2.51.